The van der Waals surface area contributed by atoms with E-state index < -0.39 is 10.0 Å². The second-order valence-corrected chi connectivity index (χ2v) is 8.50. The quantitative estimate of drug-likeness (QED) is 0.899. The zero-order valence-corrected chi connectivity index (χ0v) is 12.8. The monoisotopic (exact) mass is 308 g/mol. The maximum atomic E-state index is 12.3. The highest BCUT2D eigenvalue weighted by atomic mass is 35.5. The lowest BCUT2D eigenvalue weighted by Gasteiger charge is -2.34. The summed E-state index contributed by atoms with van der Waals surface area (Å²) in [6.07, 6.45) is 1.59. The van der Waals surface area contributed by atoms with Gasteiger partial charge in [-0.3, -0.25) is 0 Å². The van der Waals surface area contributed by atoms with Crippen LogP contribution in [0.25, 0.3) is 0 Å². The molecule has 1 aliphatic heterocycles. The van der Waals surface area contributed by atoms with E-state index in [2.05, 4.69) is 10.0 Å². The molecule has 2 rings (SSSR count). The maximum Gasteiger partial charge on any atom is 0.250 e. The van der Waals surface area contributed by atoms with Gasteiger partial charge in [0.15, 0.2) is 0 Å². The highest BCUT2D eigenvalue weighted by Gasteiger charge is 2.32. The summed E-state index contributed by atoms with van der Waals surface area (Å²) in [7, 11) is -3.46. The number of nitrogens with one attached hydrogen (secondary N) is 2. The van der Waals surface area contributed by atoms with Crippen LogP contribution in [0.5, 0.6) is 0 Å². The van der Waals surface area contributed by atoms with Crippen molar-refractivity contribution in [1.82, 2.24) is 10.0 Å². The summed E-state index contributed by atoms with van der Waals surface area (Å²) >= 11 is 7.04. The first kappa shape index (κ1) is 14.3. The van der Waals surface area contributed by atoms with Gasteiger partial charge in [0.25, 0.3) is 10.0 Å². The molecular formula is C11H17ClN2O2S2. The van der Waals surface area contributed by atoms with Crippen molar-refractivity contribution < 1.29 is 8.42 Å². The SMILES string of the molecule is Cc1cc(S(=O)(=O)NC2(C)CCNCC2)sc1Cl. The van der Waals surface area contributed by atoms with Gasteiger partial charge in [-0.25, -0.2) is 13.1 Å². The van der Waals surface area contributed by atoms with Crippen LogP contribution in [-0.4, -0.2) is 27.0 Å². The molecule has 7 heteroatoms. The van der Waals surface area contributed by atoms with Crippen molar-refractivity contribution in [2.45, 2.75) is 36.4 Å². The Morgan fingerprint density at radius 1 is 1.44 bits per heavy atom. The van der Waals surface area contributed by atoms with E-state index in [-0.39, 0.29) is 5.54 Å². The van der Waals surface area contributed by atoms with Gasteiger partial charge in [0, 0.05) is 5.54 Å². The van der Waals surface area contributed by atoms with Crippen LogP contribution in [0.3, 0.4) is 0 Å². The summed E-state index contributed by atoms with van der Waals surface area (Å²) in [4.78, 5) is 0. The van der Waals surface area contributed by atoms with E-state index in [1.54, 1.807) is 6.07 Å². The molecule has 1 aromatic heterocycles. The number of halogens is 1. The van der Waals surface area contributed by atoms with Gasteiger partial charge in [0.05, 0.1) is 4.34 Å². The number of sulfonamides is 1. The number of piperidine rings is 1. The van der Waals surface area contributed by atoms with Gasteiger partial charge in [-0.2, -0.15) is 0 Å². The third kappa shape index (κ3) is 3.05. The van der Waals surface area contributed by atoms with Crippen molar-refractivity contribution in [3.8, 4) is 0 Å². The van der Waals surface area contributed by atoms with Crippen LogP contribution in [-0.2, 0) is 10.0 Å². The minimum absolute atomic E-state index is 0.296. The molecule has 0 atom stereocenters. The smallest absolute Gasteiger partial charge is 0.250 e. The predicted octanol–water partition coefficient (Wildman–Crippen LogP) is 2.13. The largest absolute Gasteiger partial charge is 0.317 e. The van der Waals surface area contributed by atoms with Crippen molar-refractivity contribution in [1.29, 1.82) is 0 Å². The summed E-state index contributed by atoms with van der Waals surface area (Å²) in [5.41, 5.74) is 0.437. The molecule has 1 fully saturated rings. The Bertz CT molecular complexity index is 514. The maximum absolute atomic E-state index is 12.3. The van der Waals surface area contributed by atoms with Gasteiger partial charge in [-0.1, -0.05) is 11.6 Å². The van der Waals surface area contributed by atoms with E-state index in [9.17, 15) is 8.42 Å². The molecule has 0 radical (unpaired) electrons. The topological polar surface area (TPSA) is 58.2 Å². The molecule has 18 heavy (non-hydrogen) atoms. The number of hydrogen-bond donors (Lipinski definition) is 2. The van der Waals surface area contributed by atoms with Gasteiger partial charge in [0.2, 0.25) is 0 Å². The predicted molar refractivity (Wildman–Crippen MR) is 74.9 cm³/mol. The lowest BCUT2D eigenvalue weighted by atomic mass is 9.92. The first-order chi connectivity index (χ1) is 8.32. The summed E-state index contributed by atoms with van der Waals surface area (Å²) in [5.74, 6) is 0. The van der Waals surface area contributed by atoms with Crippen molar-refractivity contribution in [3.63, 3.8) is 0 Å². The summed E-state index contributed by atoms with van der Waals surface area (Å²) < 4.78 is 28.2. The number of aryl methyl sites for hydroxylation is 1. The molecule has 0 spiro atoms. The standard InChI is InChI=1S/C11H17ClN2O2S2/c1-8-7-9(17-10(8)12)18(15,16)14-11(2)3-5-13-6-4-11/h7,13-14H,3-6H2,1-2H3. The molecule has 2 N–H and O–H groups in total. The van der Waals surface area contributed by atoms with Crippen molar-refractivity contribution in [2.75, 3.05) is 13.1 Å². The number of thiophene rings is 1. The fraction of sp³-hybridized carbons (Fsp3) is 0.636. The molecule has 4 nitrogen and oxygen atoms in total. The lowest BCUT2D eigenvalue weighted by Crippen LogP contribution is -2.52. The van der Waals surface area contributed by atoms with E-state index in [4.69, 9.17) is 11.6 Å². The Kier molecular flexibility index (Phi) is 4.04. The molecule has 0 unspecified atom stereocenters. The van der Waals surface area contributed by atoms with Crippen LogP contribution < -0.4 is 10.0 Å². The van der Waals surface area contributed by atoms with Gasteiger partial charge >= 0.3 is 0 Å². The van der Waals surface area contributed by atoms with Crippen molar-refractivity contribution >= 4 is 33.0 Å². The van der Waals surface area contributed by atoms with Crippen LogP contribution in [0, 0.1) is 6.92 Å². The molecule has 102 valence electrons. The Hall–Kier alpha value is -0.140. The van der Waals surface area contributed by atoms with Gasteiger partial charge in [-0.15, -0.1) is 11.3 Å². The van der Waals surface area contributed by atoms with Crippen molar-refractivity contribution in [2.24, 2.45) is 0 Å². The molecule has 1 aromatic rings. The highest BCUT2D eigenvalue weighted by Crippen LogP contribution is 2.31. The van der Waals surface area contributed by atoms with Gasteiger partial charge < -0.3 is 5.32 Å². The zero-order valence-electron chi connectivity index (χ0n) is 10.4. The van der Waals surface area contributed by atoms with Gasteiger partial charge in [-0.05, 0) is 51.4 Å². The van der Waals surface area contributed by atoms with Gasteiger partial charge in [0.1, 0.15) is 4.21 Å². The Morgan fingerprint density at radius 3 is 2.56 bits per heavy atom. The van der Waals surface area contributed by atoms with Crippen LogP contribution in [0.4, 0.5) is 0 Å². The van der Waals surface area contributed by atoms with E-state index in [0.29, 0.717) is 8.55 Å². The van der Waals surface area contributed by atoms with Crippen LogP contribution in [0.2, 0.25) is 4.34 Å². The normalized spacial score (nSPS) is 19.9. The third-order valence-corrected chi connectivity index (χ3v) is 6.85. The van der Waals surface area contributed by atoms with E-state index >= 15 is 0 Å². The Morgan fingerprint density at radius 2 is 2.06 bits per heavy atom. The molecule has 0 saturated carbocycles. The van der Waals surface area contributed by atoms with Crippen LogP contribution in [0.15, 0.2) is 10.3 Å². The Labute approximate surface area is 117 Å². The first-order valence-corrected chi connectivity index (χ1v) is 8.51. The van der Waals surface area contributed by atoms with Crippen molar-refractivity contribution in [3.05, 3.63) is 16.0 Å². The van der Waals surface area contributed by atoms with Crippen LogP contribution in [0.1, 0.15) is 25.3 Å². The molecule has 0 amide bonds. The summed E-state index contributed by atoms with van der Waals surface area (Å²) in [6, 6.07) is 1.62. The average Bonchev–Trinajstić information content (AvgIpc) is 2.59. The number of rotatable bonds is 3. The fourth-order valence-electron chi connectivity index (χ4n) is 2.02. The van der Waals surface area contributed by atoms with E-state index in [1.165, 1.54) is 0 Å². The van der Waals surface area contributed by atoms with E-state index in [1.807, 2.05) is 13.8 Å². The first-order valence-electron chi connectivity index (χ1n) is 5.83. The minimum Gasteiger partial charge on any atom is -0.317 e. The highest BCUT2D eigenvalue weighted by molar-refractivity contribution is 7.91. The molecule has 2 heterocycles. The average molecular weight is 309 g/mol. The fourth-order valence-corrected chi connectivity index (χ4v) is 5.19. The molecule has 0 bridgehead atoms. The zero-order chi connectivity index (χ0) is 13.4. The third-order valence-electron chi connectivity index (χ3n) is 3.19. The Balaban J connectivity index is 2.21. The second kappa shape index (κ2) is 5.09. The van der Waals surface area contributed by atoms with Crippen LogP contribution >= 0.6 is 22.9 Å². The number of hydrogen-bond acceptors (Lipinski definition) is 4. The summed E-state index contributed by atoms with van der Waals surface area (Å²) in [5, 5.41) is 3.23. The summed E-state index contributed by atoms with van der Waals surface area (Å²) in [6.45, 7) is 5.43. The molecule has 1 aliphatic rings. The molecular weight excluding hydrogens is 292 g/mol. The molecule has 0 aliphatic carbocycles. The van der Waals surface area contributed by atoms with E-state index in [0.717, 1.165) is 42.8 Å². The second-order valence-electron chi connectivity index (χ2n) is 4.94. The lowest BCUT2D eigenvalue weighted by molar-refractivity contribution is 0.308. The minimum atomic E-state index is -3.46. The molecule has 1 saturated heterocycles. The molecule has 0 aromatic carbocycles.